The van der Waals surface area contributed by atoms with Crippen LogP contribution in [-0.2, 0) is 16.0 Å². The average Bonchev–Trinajstić information content (AvgIpc) is 2.78. The highest BCUT2D eigenvalue weighted by Crippen LogP contribution is 2.10. The number of rotatable bonds is 9. The fourth-order valence-electron chi connectivity index (χ4n) is 1.55. The Morgan fingerprint density at radius 2 is 2.24 bits per heavy atom. The van der Waals surface area contributed by atoms with Gasteiger partial charge in [-0.25, -0.2) is 0 Å². The Kier molecular flexibility index (Phi) is 6.84. The lowest BCUT2D eigenvalue weighted by Crippen LogP contribution is -2.17. The number of hydrogen-bond donors (Lipinski definition) is 1. The van der Waals surface area contributed by atoms with E-state index < -0.39 is 0 Å². The van der Waals surface area contributed by atoms with E-state index in [0.29, 0.717) is 25.9 Å². The van der Waals surface area contributed by atoms with Crippen molar-refractivity contribution in [3.63, 3.8) is 0 Å². The Balaban J connectivity index is 2.25. The van der Waals surface area contributed by atoms with Gasteiger partial charge in [-0.3, -0.25) is 4.68 Å². The van der Waals surface area contributed by atoms with Crippen LogP contribution in [0.4, 0.5) is 0 Å². The van der Waals surface area contributed by atoms with Gasteiger partial charge in [0.25, 0.3) is 0 Å². The molecule has 1 atom stereocenters. The number of methoxy groups -OCH3 is 1. The topological polar surface area (TPSA) is 48.3 Å². The molecule has 1 heterocycles. The SMILES string of the molecule is CCNC(C)c1cnn(CCOCCOC)c1. The van der Waals surface area contributed by atoms with E-state index in [-0.39, 0.29) is 0 Å². The van der Waals surface area contributed by atoms with Gasteiger partial charge < -0.3 is 14.8 Å². The summed E-state index contributed by atoms with van der Waals surface area (Å²) in [6.45, 7) is 7.93. The molecule has 0 fully saturated rings. The van der Waals surface area contributed by atoms with Crippen molar-refractivity contribution in [2.24, 2.45) is 0 Å². The van der Waals surface area contributed by atoms with Crippen LogP contribution < -0.4 is 5.32 Å². The van der Waals surface area contributed by atoms with Crippen LogP contribution in [0.5, 0.6) is 0 Å². The molecule has 0 aliphatic heterocycles. The molecule has 0 aliphatic carbocycles. The summed E-state index contributed by atoms with van der Waals surface area (Å²) in [5.41, 5.74) is 1.21. The molecule has 0 saturated carbocycles. The Morgan fingerprint density at radius 3 is 2.94 bits per heavy atom. The van der Waals surface area contributed by atoms with Crippen LogP contribution in [-0.4, -0.2) is 43.3 Å². The maximum Gasteiger partial charge on any atom is 0.0701 e. The van der Waals surface area contributed by atoms with Crippen molar-refractivity contribution in [2.45, 2.75) is 26.4 Å². The lowest BCUT2D eigenvalue weighted by molar-refractivity contribution is 0.0654. The highest BCUT2D eigenvalue weighted by Gasteiger charge is 2.06. The third-order valence-electron chi connectivity index (χ3n) is 2.56. The lowest BCUT2D eigenvalue weighted by atomic mass is 10.2. The van der Waals surface area contributed by atoms with E-state index in [1.165, 1.54) is 5.56 Å². The number of hydrogen-bond acceptors (Lipinski definition) is 4. The standard InChI is InChI=1S/C12H23N3O2/c1-4-13-11(2)12-9-14-15(10-12)5-6-17-8-7-16-3/h9-11,13H,4-8H2,1-3H3. The van der Waals surface area contributed by atoms with Gasteiger partial charge in [0.2, 0.25) is 0 Å². The number of nitrogens with zero attached hydrogens (tertiary/aromatic N) is 2. The molecule has 5 heteroatoms. The van der Waals surface area contributed by atoms with Gasteiger partial charge in [-0.1, -0.05) is 6.92 Å². The fourth-order valence-corrected chi connectivity index (χ4v) is 1.55. The Hall–Kier alpha value is -0.910. The first kappa shape index (κ1) is 14.2. The van der Waals surface area contributed by atoms with Crippen molar-refractivity contribution in [3.8, 4) is 0 Å². The highest BCUT2D eigenvalue weighted by molar-refractivity contribution is 5.08. The van der Waals surface area contributed by atoms with Crippen LogP contribution in [0.25, 0.3) is 0 Å². The fraction of sp³-hybridized carbons (Fsp3) is 0.750. The van der Waals surface area contributed by atoms with Gasteiger partial charge >= 0.3 is 0 Å². The molecule has 0 radical (unpaired) electrons. The third kappa shape index (κ3) is 5.30. The molecule has 1 rings (SSSR count). The molecule has 1 N–H and O–H groups in total. The number of nitrogens with one attached hydrogen (secondary N) is 1. The maximum atomic E-state index is 5.39. The smallest absolute Gasteiger partial charge is 0.0701 e. The van der Waals surface area contributed by atoms with Crippen molar-refractivity contribution < 1.29 is 9.47 Å². The third-order valence-corrected chi connectivity index (χ3v) is 2.56. The Morgan fingerprint density at radius 1 is 1.41 bits per heavy atom. The molecule has 0 saturated heterocycles. The van der Waals surface area contributed by atoms with Gasteiger partial charge in [-0.15, -0.1) is 0 Å². The van der Waals surface area contributed by atoms with Gasteiger partial charge in [-0.2, -0.15) is 5.10 Å². The van der Waals surface area contributed by atoms with Crippen molar-refractivity contribution >= 4 is 0 Å². The second-order valence-electron chi connectivity index (χ2n) is 3.92. The van der Waals surface area contributed by atoms with E-state index in [2.05, 4.69) is 30.5 Å². The predicted molar refractivity (Wildman–Crippen MR) is 67.0 cm³/mol. The summed E-state index contributed by atoms with van der Waals surface area (Å²) < 4.78 is 12.2. The van der Waals surface area contributed by atoms with Gasteiger partial charge in [0.05, 0.1) is 32.6 Å². The molecule has 0 aliphatic rings. The second kappa shape index (κ2) is 8.22. The first-order valence-electron chi connectivity index (χ1n) is 6.10. The largest absolute Gasteiger partial charge is 0.382 e. The Bertz CT molecular complexity index is 302. The monoisotopic (exact) mass is 241 g/mol. The first-order valence-corrected chi connectivity index (χ1v) is 6.10. The predicted octanol–water partition coefficient (Wildman–Crippen LogP) is 1.22. The molecule has 5 nitrogen and oxygen atoms in total. The van der Waals surface area contributed by atoms with Crippen LogP contribution in [0, 0.1) is 0 Å². The molecular formula is C12H23N3O2. The van der Waals surface area contributed by atoms with Gasteiger partial charge in [0, 0.05) is 24.9 Å². The van der Waals surface area contributed by atoms with Crippen LogP contribution in [0.2, 0.25) is 0 Å². The van der Waals surface area contributed by atoms with E-state index in [9.17, 15) is 0 Å². The molecule has 98 valence electrons. The van der Waals surface area contributed by atoms with Crippen LogP contribution >= 0.6 is 0 Å². The van der Waals surface area contributed by atoms with E-state index >= 15 is 0 Å². The molecule has 1 unspecified atom stereocenters. The molecule has 0 bridgehead atoms. The quantitative estimate of drug-likeness (QED) is 0.660. The number of ether oxygens (including phenoxy) is 2. The summed E-state index contributed by atoms with van der Waals surface area (Å²) in [5, 5.41) is 7.66. The lowest BCUT2D eigenvalue weighted by Gasteiger charge is -2.08. The Labute approximate surface area is 103 Å². The molecule has 1 aromatic rings. The van der Waals surface area contributed by atoms with Crippen LogP contribution in [0.1, 0.15) is 25.5 Å². The maximum absolute atomic E-state index is 5.39. The summed E-state index contributed by atoms with van der Waals surface area (Å²) in [6.07, 6.45) is 3.97. The second-order valence-corrected chi connectivity index (χ2v) is 3.92. The summed E-state index contributed by atoms with van der Waals surface area (Å²) in [6, 6.07) is 0.350. The van der Waals surface area contributed by atoms with E-state index in [1.807, 2.05) is 10.9 Å². The van der Waals surface area contributed by atoms with Crippen molar-refractivity contribution in [1.29, 1.82) is 0 Å². The van der Waals surface area contributed by atoms with Crippen molar-refractivity contribution in [2.75, 3.05) is 33.5 Å². The van der Waals surface area contributed by atoms with Gasteiger partial charge in [0.1, 0.15) is 0 Å². The molecule has 1 aromatic heterocycles. The summed E-state index contributed by atoms with van der Waals surface area (Å²) in [7, 11) is 1.67. The van der Waals surface area contributed by atoms with Crippen LogP contribution in [0.15, 0.2) is 12.4 Å². The minimum absolute atomic E-state index is 0.350. The average molecular weight is 241 g/mol. The zero-order chi connectivity index (χ0) is 12.5. The molecule has 0 spiro atoms. The van der Waals surface area contributed by atoms with Crippen molar-refractivity contribution in [3.05, 3.63) is 18.0 Å². The normalized spacial score (nSPS) is 12.9. The van der Waals surface area contributed by atoms with E-state index in [0.717, 1.165) is 13.1 Å². The van der Waals surface area contributed by atoms with Gasteiger partial charge in [0.15, 0.2) is 0 Å². The van der Waals surface area contributed by atoms with E-state index in [4.69, 9.17) is 9.47 Å². The van der Waals surface area contributed by atoms with Crippen LogP contribution in [0.3, 0.4) is 0 Å². The van der Waals surface area contributed by atoms with E-state index in [1.54, 1.807) is 7.11 Å². The minimum atomic E-state index is 0.350. The molecular weight excluding hydrogens is 218 g/mol. The first-order chi connectivity index (χ1) is 8.27. The molecule has 17 heavy (non-hydrogen) atoms. The molecule has 0 amide bonds. The summed E-state index contributed by atoms with van der Waals surface area (Å²) in [4.78, 5) is 0. The zero-order valence-electron chi connectivity index (χ0n) is 11.0. The minimum Gasteiger partial charge on any atom is -0.382 e. The van der Waals surface area contributed by atoms with Gasteiger partial charge in [-0.05, 0) is 13.5 Å². The molecule has 0 aromatic carbocycles. The number of aromatic nitrogens is 2. The highest BCUT2D eigenvalue weighted by atomic mass is 16.5. The zero-order valence-corrected chi connectivity index (χ0v) is 11.0. The summed E-state index contributed by atoms with van der Waals surface area (Å²) in [5.74, 6) is 0. The summed E-state index contributed by atoms with van der Waals surface area (Å²) >= 11 is 0. The van der Waals surface area contributed by atoms with Crippen molar-refractivity contribution in [1.82, 2.24) is 15.1 Å².